The van der Waals surface area contributed by atoms with Crippen molar-refractivity contribution in [3.63, 3.8) is 0 Å². The molecular weight excluding hydrogens is 356 g/mol. The predicted octanol–water partition coefficient (Wildman–Crippen LogP) is 0.867. The summed E-state index contributed by atoms with van der Waals surface area (Å²) in [5.41, 5.74) is -0.921. The van der Waals surface area contributed by atoms with Crippen molar-refractivity contribution in [3.8, 4) is 0 Å². The minimum absolute atomic E-state index is 0.101. The molecule has 1 N–H and O–H groups in total. The number of nitro groups is 1. The Morgan fingerprint density at radius 3 is 2.64 bits per heavy atom. The van der Waals surface area contributed by atoms with E-state index in [2.05, 4.69) is 4.74 Å². The first kappa shape index (κ1) is 18.8. The number of ether oxygens (including phenoxy) is 1. The lowest BCUT2D eigenvalue weighted by Crippen LogP contribution is -2.42. The first-order valence-corrected chi connectivity index (χ1v) is 8.72. The fourth-order valence-electron chi connectivity index (χ4n) is 2.63. The molecule has 1 aromatic carbocycles. The number of piperidine rings is 1. The van der Waals surface area contributed by atoms with Crippen molar-refractivity contribution in [1.82, 2.24) is 4.31 Å². The van der Waals surface area contributed by atoms with Gasteiger partial charge in [0.05, 0.1) is 28.4 Å². The van der Waals surface area contributed by atoms with Crippen LogP contribution in [0, 0.1) is 16.0 Å². The highest BCUT2D eigenvalue weighted by Gasteiger charge is 2.36. The van der Waals surface area contributed by atoms with Gasteiger partial charge in [-0.1, -0.05) is 0 Å². The molecule has 1 atom stereocenters. The molecule has 11 heteroatoms. The van der Waals surface area contributed by atoms with Crippen molar-refractivity contribution >= 4 is 27.6 Å². The molecule has 0 spiro atoms. The summed E-state index contributed by atoms with van der Waals surface area (Å²) in [7, 11) is -3.18. The SMILES string of the molecule is COC(=O)c1cc([N+](=O)[O-])ccc1S(=O)(=O)N1CCCC(C(=O)O)C1. The van der Waals surface area contributed by atoms with E-state index in [9.17, 15) is 28.1 Å². The highest BCUT2D eigenvalue weighted by Crippen LogP contribution is 2.28. The van der Waals surface area contributed by atoms with Crippen molar-refractivity contribution in [2.45, 2.75) is 17.7 Å². The van der Waals surface area contributed by atoms with Crippen LogP contribution in [0.3, 0.4) is 0 Å². The molecule has 1 unspecified atom stereocenters. The second kappa shape index (κ2) is 7.15. The first-order valence-electron chi connectivity index (χ1n) is 7.28. The second-order valence-electron chi connectivity index (χ2n) is 5.47. The Morgan fingerprint density at radius 2 is 2.08 bits per heavy atom. The van der Waals surface area contributed by atoms with Gasteiger partial charge in [-0.25, -0.2) is 13.2 Å². The van der Waals surface area contributed by atoms with Gasteiger partial charge in [0.15, 0.2) is 0 Å². The number of sulfonamides is 1. The molecule has 0 radical (unpaired) electrons. The molecule has 0 aliphatic carbocycles. The van der Waals surface area contributed by atoms with Crippen molar-refractivity contribution in [3.05, 3.63) is 33.9 Å². The Morgan fingerprint density at radius 1 is 1.40 bits per heavy atom. The summed E-state index contributed by atoms with van der Waals surface area (Å²) in [6, 6.07) is 2.76. The summed E-state index contributed by atoms with van der Waals surface area (Å²) in [6.45, 7) is -0.126. The Balaban J connectivity index is 2.49. The van der Waals surface area contributed by atoms with Crippen LogP contribution in [-0.4, -0.2) is 54.9 Å². The molecule has 25 heavy (non-hydrogen) atoms. The summed E-state index contributed by atoms with van der Waals surface area (Å²) in [6.07, 6.45) is 0.711. The molecule has 10 nitrogen and oxygen atoms in total. The topological polar surface area (TPSA) is 144 Å². The number of carbonyl (C=O) groups is 2. The second-order valence-corrected chi connectivity index (χ2v) is 7.38. The maximum absolute atomic E-state index is 12.8. The summed E-state index contributed by atoms with van der Waals surface area (Å²) >= 11 is 0. The van der Waals surface area contributed by atoms with Crippen molar-refractivity contribution < 1.29 is 32.8 Å². The maximum atomic E-state index is 12.8. The molecule has 1 aliphatic heterocycles. The molecule has 1 saturated heterocycles. The molecule has 0 aromatic heterocycles. The van der Waals surface area contributed by atoms with Crippen molar-refractivity contribution in [2.75, 3.05) is 20.2 Å². The number of hydrogen-bond donors (Lipinski definition) is 1. The average molecular weight is 372 g/mol. The van der Waals surface area contributed by atoms with E-state index in [4.69, 9.17) is 5.11 Å². The smallest absolute Gasteiger partial charge is 0.339 e. The van der Waals surface area contributed by atoms with Gasteiger partial charge in [-0.15, -0.1) is 0 Å². The Labute approximate surface area is 143 Å². The number of carboxylic acids is 1. The molecule has 136 valence electrons. The quantitative estimate of drug-likeness (QED) is 0.455. The lowest BCUT2D eigenvalue weighted by molar-refractivity contribution is -0.384. The molecule has 1 aliphatic rings. The van der Waals surface area contributed by atoms with Crippen LogP contribution in [0.5, 0.6) is 0 Å². The lowest BCUT2D eigenvalue weighted by atomic mass is 10.0. The number of esters is 1. The van der Waals surface area contributed by atoms with E-state index in [-0.39, 0.29) is 13.1 Å². The summed E-state index contributed by atoms with van der Waals surface area (Å²) in [5, 5.41) is 20.0. The largest absolute Gasteiger partial charge is 0.481 e. The number of methoxy groups -OCH3 is 1. The number of benzene rings is 1. The molecule has 2 rings (SSSR count). The van der Waals surface area contributed by atoms with Gasteiger partial charge in [-0.05, 0) is 18.9 Å². The normalized spacial score (nSPS) is 18.5. The fourth-order valence-corrected chi connectivity index (χ4v) is 4.31. The lowest BCUT2D eigenvalue weighted by Gasteiger charge is -2.30. The van der Waals surface area contributed by atoms with Gasteiger partial charge in [0, 0.05) is 25.2 Å². The number of hydrogen-bond acceptors (Lipinski definition) is 7. The maximum Gasteiger partial charge on any atom is 0.339 e. The predicted molar refractivity (Wildman–Crippen MR) is 83.6 cm³/mol. The van der Waals surface area contributed by atoms with Crippen LogP contribution in [0.2, 0.25) is 0 Å². The number of carboxylic acid groups (broad SMARTS) is 1. The van der Waals surface area contributed by atoms with Crippen LogP contribution in [0.4, 0.5) is 5.69 Å². The van der Waals surface area contributed by atoms with E-state index in [0.29, 0.717) is 12.8 Å². The monoisotopic (exact) mass is 372 g/mol. The fraction of sp³-hybridized carbons (Fsp3) is 0.429. The van der Waals surface area contributed by atoms with Gasteiger partial charge in [0.25, 0.3) is 5.69 Å². The zero-order valence-corrected chi connectivity index (χ0v) is 14.1. The highest BCUT2D eigenvalue weighted by atomic mass is 32.2. The minimum atomic E-state index is -4.21. The molecule has 0 amide bonds. The van der Waals surface area contributed by atoms with Gasteiger partial charge in [0.1, 0.15) is 0 Å². The molecule has 1 fully saturated rings. The third-order valence-corrected chi connectivity index (χ3v) is 5.85. The summed E-state index contributed by atoms with van der Waals surface area (Å²) in [4.78, 5) is 32.7. The number of nitrogens with zero attached hydrogens (tertiary/aromatic N) is 2. The van der Waals surface area contributed by atoms with Crippen LogP contribution in [0.25, 0.3) is 0 Å². The zero-order chi connectivity index (χ0) is 18.8. The zero-order valence-electron chi connectivity index (χ0n) is 13.2. The van der Waals surface area contributed by atoms with Gasteiger partial charge >= 0.3 is 11.9 Å². The Bertz CT molecular complexity index is 820. The van der Waals surface area contributed by atoms with Crippen molar-refractivity contribution in [1.29, 1.82) is 0 Å². The van der Waals surface area contributed by atoms with Gasteiger partial charge in [-0.3, -0.25) is 14.9 Å². The van der Waals surface area contributed by atoms with E-state index < -0.39 is 48.9 Å². The van der Waals surface area contributed by atoms with Gasteiger partial charge in [-0.2, -0.15) is 4.31 Å². The van der Waals surface area contributed by atoms with Crippen LogP contribution in [0.1, 0.15) is 23.2 Å². The number of non-ortho nitro benzene ring substituents is 1. The summed E-state index contributed by atoms with van der Waals surface area (Å²) in [5.74, 6) is -2.98. The average Bonchev–Trinajstić information content (AvgIpc) is 2.60. The van der Waals surface area contributed by atoms with E-state index in [1.807, 2.05) is 0 Å². The van der Waals surface area contributed by atoms with E-state index in [0.717, 1.165) is 29.6 Å². The Hall–Kier alpha value is -2.53. The van der Waals surface area contributed by atoms with Crippen LogP contribution in [-0.2, 0) is 19.6 Å². The molecular formula is C14H16N2O8S. The Kier molecular flexibility index (Phi) is 5.38. The van der Waals surface area contributed by atoms with E-state index >= 15 is 0 Å². The molecule has 0 saturated carbocycles. The number of carbonyl (C=O) groups excluding carboxylic acids is 1. The van der Waals surface area contributed by atoms with Crippen LogP contribution in [0.15, 0.2) is 23.1 Å². The number of rotatable bonds is 5. The minimum Gasteiger partial charge on any atom is -0.481 e. The summed E-state index contributed by atoms with van der Waals surface area (Å²) < 4.78 is 31.2. The number of aliphatic carboxylic acids is 1. The third kappa shape index (κ3) is 3.77. The highest BCUT2D eigenvalue weighted by molar-refractivity contribution is 7.89. The van der Waals surface area contributed by atoms with Crippen LogP contribution < -0.4 is 0 Å². The first-order chi connectivity index (χ1) is 11.7. The molecule has 0 bridgehead atoms. The van der Waals surface area contributed by atoms with Crippen molar-refractivity contribution in [2.24, 2.45) is 5.92 Å². The third-order valence-electron chi connectivity index (χ3n) is 3.93. The molecule has 1 heterocycles. The molecule has 1 aromatic rings. The van der Waals surface area contributed by atoms with Gasteiger partial charge < -0.3 is 9.84 Å². The van der Waals surface area contributed by atoms with E-state index in [1.165, 1.54) is 0 Å². The van der Waals surface area contributed by atoms with Gasteiger partial charge in [0.2, 0.25) is 10.0 Å². The standard InChI is InChI=1S/C14H16N2O8S/c1-24-14(19)11-7-10(16(20)21)4-5-12(11)25(22,23)15-6-2-3-9(8-15)13(17)18/h4-5,7,9H,2-3,6,8H2,1H3,(H,17,18). The number of nitro benzene ring substituents is 1. The van der Waals surface area contributed by atoms with E-state index in [1.54, 1.807) is 0 Å². The van der Waals surface area contributed by atoms with Crippen LogP contribution >= 0.6 is 0 Å².